The molecule has 0 aromatic carbocycles. The number of hydrogen-bond donors (Lipinski definition) is 2. The zero-order chi connectivity index (χ0) is 9.26. The van der Waals surface area contributed by atoms with Crippen molar-refractivity contribution in [2.45, 2.75) is 13.0 Å². The summed E-state index contributed by atoms with van der Waals surface area (Å²) in [5.41, 5.74) is 7.17. The molecule has 0 fully saturated rings. The van der Waals surface area contributed by atoms with E-state index in [0.717, 1.165) is 11.4 Å². The average Bonchev–Trinajstić information content (AvgIpc) is 2.72. The van der Waals surface area contributed by atoms with Crippen LogP contribution in [0.4, 0.5) is 0 Å². The van der Waals surface area contributed by atoms with Crippen molar-refractivity contribution in [3.8, 4) is 0 Å². The normalized spacial score (nSPS) is 13.1. The van der Waals surface area contributed by atoms with Crippen molar-refractivity contribution in [3.63, 3.8) is 0 Å². The Morgan fingerprint density at radius 2 is 2.46 bits per heavy atom. The summed E-state index contributed by atoms with van der Waals surface area (Å²) < 4.78 is 0. The van der Waals surface area contributed by atoms with Gasteiger partial charge >= 0.3 is 0 Å². The van der Waals surface area contributed by atoms with E-state index in [1.165, 1.54) is 4.88 Å². The number of aromatic amines is 1. The van der Waals surface area contributed by atoms with E-state index in [2.05, 4.69) is 16.9 Å². The number of hydrogen-bond acceptors (Lipinski definition) is 3. The van der Waals surface area contributed by atoms with Crippen molar-refractivity contribution in [1.29, 1.82) is 0 Å². The second-order valence-corrected chi connectivity index (χ2v) is 4.00. The van der Waals surface area contributed by atoms with Crippen LogP contribution in [0.5, 0.6) is 0 Å². The van der Waals surface area contributed by atoms with Crippen molar-refractivity contribution in [2.75, 3.05) is 0 Å². The molecule has 3 N–H and O–H groups in total. The van der Waals surface area contributed by atoms with Gasteiger partial charge in [0.05, 0.1) is 6.04 Å². The second kappa shape index (κ2) is 3.32. The predicted molar refractivity (Wildman–Crippen MR) is 53.7 cm³/mol. The van der Waals surface area contributed by atoms with E-state index in [1.807, 2.05) is 11.4 Å². The van der Waals surface area contributed by atoms with Crippen molar-refractivity contribution < 1.29 is 0 Å². The second-order valence-electron chi connectivity index (χ2n) is 2.88. The van der Waals surface area contributed by atoms with Gasteiger partial charge in [0, 0.05) is 17.3 Å². The monoisotopic (exact) mass is 193 g/mol. The van der Waals surface area contributed by atoms with Gasteiger partial charge in [-0.1, -0.05) is 0 Å². The van der Waals surface area contributed by atoms with Gasteiger partial charge in [-0.05, 0) is 23.9 Å². The summed E-state index contributed by atoms with van der Waals surface area (Å²) in [6, 6.07) is 1.92. The van der Waals surface area contributed by atoms with Gasteiger partial charge in [0.2, 0.25) is 0 Å². The van der Waals surface area contributed by atoms with Crippen molar-refractivity contribution in [2.24, 2.45) is 5.73 Å². The average molecular weight is 193 g/mol. The first kappa shape index (κ1) is 8.47. The first-order valence-electron chi connectivity index (χ1n) is 4.08. The van der Waals surface area contributed by atoms with E-state index in [1.54, 1.807) is 23.7 Å². The molecule has 0 spiro atoms. The van der Waals surface area contributed by atoms with Gasteiger partial charge < -0.3 is 10.7 Å². The maximum Gasteiger partial charge on any atom is 0.127 e. The smallest absolute Gasteiger partial charge is 0.127 e. The highest BCUT2D eigenvalue weighted by Crippen LogP contribution is 2.23. The standard InChI is InChI=1S/C9H11N3S/c1-6-7(2-5-13-6)8(10)9-11-3-4-12-9/h2-5,8H,10H2,1H3,(H,11,12). The Labute approximate surface area is 80.6 Å². The minimum Gasteiger partial charge on any atom is -0.347 e. The van der Waals surface area contributed by atoms with Crippen LogP contribution in [0.3, 0.4) is 0 Å². The topological polar surface area (TPSA) is 54.7 Å². The summed E-state index contributed by atoms with van der Waals surface area (Å²) >= 11 is 1.71. The summed E-state index contributed by atoms with van der Waals surface area (Å²) in [5.74, 6) is 0.821. The molecule has 0 aliphatic heterocycles. The third kappa shape index (κ3) is 1.50. The zero-order valence-corrected chi connectivity index (χ0v) is 8.14. The molecule has 1 atom stereocenters. The number of imidazole rings is 1. The molecule has 0 bridgehead atoms. The molecule has 3 nitrogen and oxygen atoms in total. The van der Waals surface area contributed by atoms with Crippen LogP contribution in [0, 0.1) is 6.92 Å². The summed E-state index contributed by atoms with van der Waals surface area (Å²) in [4.78, 5) is 8.41. The molecule has 0 aliphatic rings. The fourth-order valence-electron chi connectivity index (χ4n) is 1.31. The molecular formula is C9H11N3S. The van der Waals surface area contributed by atoms with Gasteiger partial charge in [0.1, 0.15) is 5.82 Å². The van der Waals surface area contributed by atoms with Crippen LogP contribution < -0.4 is 5.73 Å². The molecule has 13 heavy (non-hydrogen) atoms. The molecule has 1 unspecified atom stereocenters. The quantitative estimate of drug-likeness (QED) is 0.764. The number of rotatable bonds is 2. The van der Waals surface area contributed by atoms with Crippen molar-refractivity contribution >= 4 is 11.3 Å². The minimum absolute atomic E-state index is 0.124. The Morgan fingerprint density at radius 3 is 3.00 bits per heavy atom. The molecule has 0 saturated carbocycles. The molecule has 2 heterocycles. The van der Waals surface area contributed by atoms with Gasteiger partial charge in [-0.25, -0.2) is 4.98 Å². The van der Waals surface area contributed by atoms with Gasteiger partial charge in [-0.3, -0.25) is 0 Å². The van der Waals surface area contributed by atoms with Crippen LogP contribution in [0.1, 0.15) is 22.3 Å². The van der Waals surface area contributed by atoms with Gasteiger partial charge in [0.25, 0.3) is 0 Å². The lowest BCUT2D eigenvalue weighted by atomic mass is 10.1. The van der Waals surface area contributed by atoms with E-state index in [9.17, 15) is 0 Å². The largest absolute Gasteiger partial charge is 0.347 e. The Hall–Kier alpha value is -1.13. The highest BCUT2D eigenvalue weighted by Gasteiger charge is 2.13. The van der Waals surface area contributed by atoms with E-state index in [0.29, 0.717) is 0 Å². The Bertz CT molecular complexity index is 377. The summed E-state index contributed by atoms with van der Waals surface area (Å²) in [6.07, 6.45) is 3.51. The number of H-pyrrole nitrogens is 1. The van der Waals surface area contributed by atoms with Crippen LogP contribution in [-0.2, 0) is 0 Å². The van der Waals surface area contributed by atoms with Crippen LogP contribution in [0.15, 0.2) is 23.8 Å². The molecule has 2 aromatic heterocycles. The number of thiophene rings is 1. The van der Waals surface area contributed by atoms with Gasteiger partial charge in [0.15, 0.2) is 0 Å². The van der Waals surface area contributed by atoms with Crippen molar-refractivity contribution in [3.05, 3.63) is 40.1 Å². The van der Waals surface area contributed by atoms with Gasteiger partial charge in [-0.2, -0.15) is 0 Å². The lowest BCUT2D eigenvalue weighted by Crippen LogP contribution is -2.13. The van der Waals surface area contributed by atoms with Crippen LogP contribution in [-0.4, -0.2) is 9.97 Å². The zero-order valence-electron chi connectivity index (χ0n) is 7.32. The highest BCUT2D eigenvalue weighted by atomic mass is 32.1. The van der Waals surface area contributed by atoms with Crippen LogP contribution in [0.25, 0.3) is 0 Å². The number of nitrogens with two attached hydrogens (primary N) is 1. The van der Waals surface area contributed by atoms with Crippen LogP contribution in [0.2, 0.25) is 0 Å². The van der Waals surface area contributed by atoms with Crippen molar-refractivity contribution in [1.82, 2.24) is 9.97 Å². The Morgan fingerprint density at radius 1 is 1.62 bits per heavy atom. The minimum atomic E-state index is -0.124. The molecule has 0 radical (unpaired) electrons. The summed E-state index contributed by atoms with van der Waals surface area (Å²) in [7, 11) is 0. The number of aromatic nitrogens is 2. The first-order chi connectivity index (χ1) is 6.29. The highest BCUT2D eigenvalue weighted by molar-refractivity contribution is 7.10. The predicted octanol–water partition coefficient (Wildman–Crippen LogP) is 1.83. The lowest BCUT2D eigenvalue weighted by molar-refractivity contribution is 0.799. The molecule has 0 saturated heterocycles. The number of nitrogens with zero attached hydrogens (tertiary/aromatic N) is 1. The number of aryl methyl sites for hydroxylation is 1. The molecular weight excluding hydrogens is 182 g/mol. The fourth-order valence-corrected chi connectivity index (χ4v) is 2.06. The van der Waals surface area contributed by atoms with Gasteiger partial charge in [-0.15, -0.1) is 11.3 Å². The molecule has 2 aromatic rings. The Kier molecular flexibility index (Phi) is 2.16. The first-order valence-corrected chi connectivity index (χ1v) is 4.96. The fraction of sp³-hybridized carbons (Fsp3) is 0.222. The Balaban J connectivity index is 2.33. The molecule has 4 heteroatoms. The van der Waals surface area contributed by atoms with E-state index in [-0.39, 0.29) is 6.04 Å². The third-order valence-electron chi connectivity index (χ3n) is 2.05. The van der Waals surface area contributed by atoms with E-state index in [4.69, 9.17) is 5.73 Å². The van der Waals surface area contributed by atoms with Crippen LogP contribution >= 0.6 is 11.3 Å². The molecule has 0 amide bonds. The maximum absolute atomic E-state index is 6.02. The lowest BCUT2D eigenvalue weighted by Gasteiger charge is -2.07. The molecule has 68 valence electrons. The molecule has 0 aliphatic carbocycles. The summed E-state index contributed by atoms with van der Waals surface area (Å²) in [6.45, 7) is 2.07. The third-order valence-corrected chi connectivity index (χ3v) is 2.91. The molecule has 2 rings (SSSR count). The SMILES string of the molecule is Cc1sccc1C(N)c1ncc[nH]1. The van der Waals surface area contributed by atoms with E-state index < -0.39 is 0 Å². The number of nitrogens with one attached hydrogen (secondary N) is 1. The van der Waals surface area contributed by atoms with E-state index >= 15 is 0 Å². The summed E-state index contributed by atoms with van der Waals surface area (Å²) in [5, 5.41) is 2.05. The maximum atomic E-state index is 6.02.